The zero-order valence-electron chi connectivity index (χ0n) is 9.33. The van der Waals surface area contributed by atoms with Gasteiger partial charge in [-0.3, -0.25) is 4.79 Å². The first kappa shape index (κ1) is 13.2. The molecule has 0 bridgehead atoms. The van der Waals surface area contributed by atoms with Crippen LogP contribution in [0.3, 0.4) is 0 Å². The second-order valence-electron chi connectivity index (χ2n) is 3.67. The highest BCUT2D eigenvalue weighted by molar-refractivity contribution is 5.70. The van der Waals surface area contributed by atoms with Crippen molar-refractivity contribution in [2.75, 3.05) is 0 Å². The summed E-state index contributed by atoms with van der Waals surface area (Å²) in [7, 11) is 0. The van der Waals surface area contributed by atoms with Crippen LogP contribution in [-0.2, 0) is 4.79 Å². The maximum atomic E-state index is 10.8. The van der Waals surface area contributed by atoms with Crippen molar-refractivity contribution in [3.05, 3.63) is 12.2 Å². The molecular weight excluding hydrogens is 176 g/mol. The number of hydrogen-bond acceptors (Lipinski definition) is 1. The van der Waals surface area contributed by atoms with Gasteiger partial charge >= 0.3 is 5.97 Å². The van der Waals surface area contributed by atoms with Gasteiger partial charge < -0.3 is 5.11 Å². The van der Waals surface area contributed by atoms with Crippen LogP contribution in [0.25, 0.3) is 0 Å². The van der Waals surface area contributed by atoms with Gasteiger partial charge in [-0.15, -0.1) is 0 Å². The zero-order valence-corrected chi connectivity index (χ0v) is 9.33. The van der Waals surface area contributed by atoms with Gasteiger partial charge in [-0.2, -0.15) is 0 Å². The standard InChI is InChI=1S/C12H22O2/c1-3-5-7-8-10-11(12(13)14)9-6-4-2/h7-8,11H,3-6,9-10H2,1-2H3,(H,13,14). The predicted molar refractivity (Wildman–Crippen MR) is 59.3 cm³/mol. The number of carbonyl (C=O) groups is 1. The van der Waals surface area contributed by atoms with Crippen LogP contribution in [0.4, 0.5) is 0 Å². The normalized spacial score (nSPS) is 13.3. The summed E-state index contributed by atoms with van der Waals surface area (Å²) in [5, 5.41) is 8.92. The molecule has 0 saturated carbocycles. The minimum Gasteiger partial charge on any atom is -0.481 e. The Balaban J connectivity index is 3.78. The number of unbranched alkanes of at least 4 members (excludes halogenated alkanes) is 2. The Labute approximate surface area is 87.0 Å². The van der Waals surface area contributed by atoms with Crippen molar-refractivity contribution in [1.29, 1.82) is 0 Å². The minimum absolute atomic E-state index is 0.178. The monoisotopic (exact) mass is 198 g/mol. The Morgan fingerprint density at radius 3 is 2.50 bits per heavy atom. The molecule has 14 heavy (non-hydrogen) atoms. The van der Waals surface area contributed by atoms with Gasteiger partial charge in [-0.05, 0) is 19.3 Å². The molecule has 0 amide bonds. The molecule has 0 aliphatic carbocycles. The van der Waals surface area contributed by atoms with E-state index >= 15 is 0 Å². The van der Waals surface area contributed by atoms with Gasteiger partial charge in [0.05, 0.1) is 5.92 Å². The lowest BCUT2D eigenvalue weighted by Gasteiger charge is -2.08. The Morgan fingerprint density at radius 1 is 1.29 bits per heavy atom. The van der Waals surface area contributed by atoms with Crippen LogP contribution in [0.1, 0.15) is 52.4 Å². The fraction of sp³-hybridized carbons (Fsp3) is 0.750. The summed E-state index contributed by atoms with van der Waals surface area (Å²) in [6, 6.07) is 0. The van der Waals surface area contributed by atoms with Gasteiger partial charge in [0.25, 0.3) is 0 Å². The van der Waals surface area contributed by atoms with E-state index in [2.05, 4.69) is 19.9 Å². The van der Waals surface area contributed by atoms with Crippen molar-refractivity contribution in [1.82, 2.24) is 0 Å². The smallest absolute Gasteiger partial charge is 0.306 e. The van der Waals surface area contributed by atoms with E-state index in [0.29, 0.717) is 6.42 Å². The molecule has 1 atom stereocenters. The van der Waals surface area contributed by atoms with Gasteiger partial charge in [-0.25, -0.2) is 0 Å². The molecule has 1 N–H and O–H groups in total. The highest BCUT2D eigenvalue weighted by Crippen LogP contribution is 2.14. The Morgan fingerprint density at radius 2 is 2.00 bits per heavy atom. The first-order valence-corrected chi connectivity index (χ1v) is 5.60. The number of rotatable bonds is 8. The maximum absolute atomic E-state index is 10.8. The Kier molecular flexibility index (Phi) is 8.30. The van der Waals surface area contributed by atoms with Crippen molar-refractivity contribution >= 4 is 5.97 Å². The SMILES string of the molecule is CCCC=CCC(CCCC)C(=O)O. The zero-order chi connectivity index (χ0) is 10.8. The van der Waals surface area contributed by atoms with Crippen LogP contribution in [0.2, 0.25) is 0 Å². The summed E-state index contributed by atoms with van der Waals surface area (Å²) in [4.78, 5) is 10.8. The lowest BCUT2D eigenvalue weighted by molar-refractivity contribution is -0.141. The third-order valence-electron chi connectivity index (χ3n) is 2.30. The average molecular weight is 198 g/mol. The van der Waals surface area contributed by atoms with Crippen molar-refractivity contribution < 1.29 is 9.90 Å². The Hall–Kier alpha value is -0.790. The molecule has 2 nitrogen and oxygen atoms in total. The van der Waals surface area contributed by atoms with Crippen LogP contribution < -0.4 is 0 Å². The molecule has 1 unspecified atom stereocenters. The summed E-state index contributed by atoms with van der Waals surface area (Å²) in [5.41, 5.74) is 0. The molecule has 0 spiro atoms. The quantitative estimate of drug-likeness (QED) is 0.605. The number of hydrogen-bond donors (Lipinski definition) is 1. The van der Waals surface area contributed by atoms with E-state index < -0.39 is 5.97 Å². The summed E-state index contributed by atoms with van der Waals surface area (Å²) in [6.45, 7) is 4.21. The Bertz CT molecular complexity index is 173. The number of carboxylic acids is 1. The van der Waals surface area contributed by atoms with Crippen LogP contribution in [0, 0.1) is 5.92 Å². The molecule has 0 saturated heterocycles. The molecule has 2 heteroatoms. The highest BCUT2D eigenvalue weighted by atomic mass is 16.4. The lowest BCUT2D eigenvalue weighted by Crippen LogP contribution is -2.12. The summed E-state index contributed by atoms with van der Waals surface area (Å²) >= 11 is 0. The van der Waals surface area contributed by atoms with Crippen molar-refractivity contribution in [2.45, 2.75) is 52.4 Å². The molecule has 82 valence electrons. The van der Waals surface area contributed by atoms with E-state index in [4.69, 9.17) is 5.11 Å². The van der Waals surface area contributed by atoms with E-state index in [0.717, 1.165) is 32.1 Å². The van der Waals surface area contributed by atoms with Crippen LogP contribution in [0.15, 0.2) is 12.2 Å². The molecule has 0 heterocycles. The first-order valence-electron chi connectivity index (χ1n) is 5.60. The van der Waals surface area contributed by atoms with Crippen molar-refractivity contribution in [2.24, 2.45) is 5.92 Å². The lowest BCUT2D eigenvalue weighted by atomic mass is 9.98. The number of allylic oxidation sites excluding steroid dienone is 2. The molecule has 0 radical (unpaired) electrons. The molecule has 0 aliphatic rings. The van der Waals surface area contributed by atoms with Crippen LogP contribution in [-0.4, -0.2) is 11.1 Å². The van der Waals surface area contributed by atoms with Gasteiger partial charge in [0.2, 0.25) is 0 Å². The number of aliphatic carboxylic acids is 1. The third-order valence-corrected chi connectivity index (χ3v) is 2.30. The van der Waals surface area contributed by atoms with Gasteiger partial charge in [-0.1, -0.05) is 45.3 Å². The van der Waals surface area contributed by atoms with Crippen molar-refractivity contribution in [3.63, 3.8) is 0 Å². The average Bonchev–Trinajstić information content (AvgIpc) is 2.16. The summed E-state index contributed by atoms with van der Waals surface area (Å²) in [6.07, 6.45) is 9.86. The highest BCUT2D eigenvalue weighted by Gasteiger charge is 2.14. The van der Waals surface area contributed by atoms with Crippen LogP contribution >= 0.6 is 0 Å². The fourth-order valence-electron chi connectivity index (χ4n) is 1.34. The van der Waals surface area contributed by atoms with Gasteiger partial charge in [0.15, 0.2) is 0 Å². The first-order chi connectivity index (χ1) is 6.72. The second kappa shape index (κ2) is 8.79. The topological polar surface area (TPSA) is 37.3 Å². The fourth-order valence-corrected chi connectivity index (χ4v) is 1.34. The van der Waals surface area contributed by atoms with E-state index in [1.165, 1.54) is 0 Å². The summed E-state index contributed by atoms with van der Waals surface area (Å²) in [5.74, 6) is -0.831. The number of carboxylic acid groups (broad SMARTS) is 1. The molecule has 0 aromatic heterocycles. The predicted octanol–water partition coefficient (Wildman–Crippen LogP) is 3.62. The van der Waals surface area contributed by atoms with Gasteiger partial charge in [0, 0.05) is 0 Å². The molecule has 0 rings (SSSR count). The largest absolute Gasteiger partial charge is 0.481 e. The molecule has 0 aromatic rings. The third kappa shape index (κ3) is 6.70. The second-order valence-corrected chi connectivity index (χ2v) is 3.67. The minimum atomic E-state index is -0.653. The van der Waals surface area contributed by atoms with Crippen LogP contribution in [0.5, 0.6) is 0 Å². The summed E-state index contributed by atoms with van der Waals surface area (Å²) < 4.78 is 0. The van der Waals surface area contributed by atoms with E-state index in [-0.39, 0.29) is 5.92 Å². The molecular formula is C12H22O2. The van der Waals surface area contributed by atoms with E-state index in [9.17, 15) is 4.79 Å². The maximum Gasteiger partial charge on any atom is 0.306 e. The molecule has 0 aliphatic heterocycles. The van der Waals surface area contributed by atoms with E-state index in [1.54, 1.807) is 0 Å². The van der Waals surface area contributed by atoms with E-state index in [1.807, 2.05) is 6.08 Å². The van der Waals surface area contributed by atoms with Gasteiger partial charge in [0.1, 0.15) is 0 Å². The molecule has 0 fully saturated rings. The molecule has 0 aromatic carbocycles. The van der Waals surface area contributed by atoms with Crippen molar-refractivity contribution in [3.8, 4) is 0 Å².